The monoisotopic (exact) mass is 357 g/mol. The minimum atomic E-state index is -0.137. The SMILES string of the molecule is CCCc1cc(=O)n2c(n1)SCC2CC(=O)Nc1cc(C)cc(C)c1. The number of amides is 1. The summed E-state index contributed by atoms with van der Waals surface area (Å²) in [5, 5.41) is 3.68. The van der Waals surface area contributed by atoms with Crippen LogP contribution < -0.4 is 10.9 Å². The fourth-order valence-electron chi connectivity index (χ4n) is 3.21. The van der Waals surface area contributed by atoms with E-state index >= 15 is 0 Å². The van der Waals surface area contributed by atoms with E-state index in [1.165, 1.54) is 0 Å². The number of aromatic nitrogens is 2. The fraction of sp³-hybridized carbons (Fsp3) is 0.421. The van der Waals surface area contributed by atoms with Gasteiger partial charge in [-0.15, -0.1) is 0 Å². The normalized spacial score (nSPS) is 15.9. The first-order valence-electron chi connectivity index (χ1n) is 8.59. The second-order valence-electron chi connectivity index (χ2n) is 6.58. The van der Waals surface area contributed by atoms with E-state index in [0.29, 0.717) is 5.75 Å². The average molecular weight is 357 g/mol. The quantitative estimate of drug-likeness (QED) is 0.832. The molecular formula is C19H23N3O2S. The van der Waals surface area contributed by atoms with Crippen LogP contribution in [0.4, 0.5) is 5.69 Å². The molecule has 2 heterocycles. The Morgan fingerprint density at radius 3 is 2.68 bits per heavy atom. The van der Waals surface area contributed by atoms with E-state index in [2.05, 4.69) is 23.3 Å². The summed E-state index contributed by atoms with van der Waals surface area (Å²) in [7, 11) is 0. The number of fused-ring (bicyclic) bond motifs is 1. The maximum Gasteiger partial charge on any atom is 0.254 e. The van der Waals surface area contributed by atoms with E-state index in [0.717, 1.165) is 40.5 Å². The highest BCUT2D eigenvalue weighted by Crippen LogP contribution is 2.32. The van der Waals surface area contributed by atoms with Gasteiger partial charge in [0.15, 0.2) is 5.16 Å². The second kappa shape index (κ2) is 7.44. The highest BCUT2D eigenvalue weighted by atomic mass is 32.2. The van der Waals surface area contributed by atoms with E-state index in [4.69, 9.17) is 0 Å². The number of thioether (sulfide) groups is 1. The van der Waals surface area contributed by atoms with E-state index in [1.807, 2.05) is 26.0 Å². The van der Waals surface area contributed by atoms with Gasteiger partial charge in [0.25, 0.3) is 5.56 Å². The zero-order chi connectivity index (χ0) is 18.0. The fourth-order valence-corrected chi connectivity index (χ4v) is 4.37. The van der Waals surface area contributed by atoms with Crippen LogP contribution in [0.3, 0.4) is 0 Å². The van der Waals surface area contributed by atoms with Crippen LogP contribution in [-0.4, -0.2) is 21.2 Å². The largest absolute Gasteiger partial charge is 0.326 e. The molecule has 1 N–H and O–H groups in total. The lowest BCUT2D eigenvalue weighted by Gasteiger charge is -2.14. The van der Waals surface area contributed by atoms with E-state index in [1.54, 1.807) is 22.4 Å². The summed E-state index contributed by atoms with van der Waals surface area (Å²) in [6.07, 6.45) is 2.05. The van der Waals surface area contributed by atoms with Crippen LogP contribution in [0.5, 0.6) is 0 Å². The number of nitrogens with one attached hydrogen (secondary N) is 1. The number of hydrogen-bond donors (Lipinski definition) is 1. The van der Waals surface area contributed by atoms with E-state index < -0.39 is 0 Å². The van der Waals surface area contributed by atoms with Gasteiger partial charge in [-0.1, -0.05) is 31.2 Å². The van der Waals surface area contributed by atoms with Gasteiger partial charge < -0.3 is 5.32 Å². The molecule has 25 heavy (non-hydrogen) atoms. The van der Waals surface area contributed by atoms with Crippen molar-refractivity contribution in [3.63, 3.8) is 0 Å². The Labute approximate surface area is 151 Å². The summed E-state index contributed by atoms with van der Waals surface area (Å²) in [6.45, 7) is 6.08. The summed E-state index contributed by atoms with van der Waals surface area (Å²) < 4.78 is 1.67. The number of hydrogen-bond acceptors (Lipinski definition) is 4. The van der Waals surface area contributed by atoms with Crippen LogP contribution in [0.1, 0.15) is 42.6 Å². The predicted molar refractivity (Wildman–Crippen MR) is 101 cm³/mol. The Bertz CT molecular complexity index is 840. The van der Waals surface area contributed by atoms with E-state index in [9.17, 15) is 9.59 Å². The lowest BCUT2D eigenvalue weighted by atomic mass is 10.1. The third-order valence-corrected chi connectivity index (χ3v) is 5.27. The number of benzene rings is 1. The lowest BCUT2D eigenvalue weighted by molar-refractivity contribution is -0.116. The third kappa shape index (κ3) is 4.12. The molecule has 3 rings (SSSR count). The Hall–Kier alpha value is -2.08. The highest BCUT2D eigenvalue weighted by molar-refractivity contribution is 7.99. The molecule has 1 aromatic carbocycles. The molecule has 5 nitrogen and oxygen atoms in total. The summed E-state index contributed by atoms with van der Waals surface area (Å²) in [4.78, 5) is 29.4. The van der Waals surface area contributed by atoms with Gasteiger partial charge in [0.1, 0.15) is 0 Å². The molecule has 0 saturated carbocycles. The topological polar surface area (TPSA) is 64.0 Å². The van der Waals surface area contributed by atoms with Gasteiger partial charge in [-0.3, -0.25) is 14.2 Å². The molecule has 6 heteroatoms. The Morgan fingerprint density at radius 1 is 1.28 bits per heavy atom. The molecule has 2 aromatic rings. The summed E-state index contributed by atoms with van der Waals surface area (Å²) in [5.41, 5.74) is 3.81. The van der Waals surface area contributed by atoms with Gasteiger partial charge in [0.2, 0.25) is 5.91 Å². The van der Waals surface area contributed by atoms with Crippen molar-refractivity contribution in [1.82, 2.24) is 9.55 Å². The van der Waals surface area contributed by atoms with Crippen molar-refractivity contribution in [3.05, 3.63) is 51.4 Å². The van der Waals surface area contributed by atoms with Crippen molar-refractivity contribution in [3.8, 4) is 0 Å². The zero-order valence-corrected chi connectivity index (χ0v) is 15.7. The molecule has 0 spiro atoms. The minimum Gasteiger partial charge on any atom is -0.326 e. The molecule has 1 aromatic heterocycles. The van der Waals surface area contributed by atoms with Crippen molar-refractivity contribution in [1.29, 1.82) is 0 Å². The number of anilines is 1. The van der Waals surface area contributed by atoms with Crippen LogP contribution in [0.2, 0.25) is 0 Å². The molecule has 132 valence electrons. The summed E-state index contributed by atoms with van der Waals surface area (Å²) >= 11 is 1.56. The van der Waals surface area contributed by atoms with Gasteiger partial charge in [0.05, 0.1) is 6.04 Å². The van der Waals surface area contributed by atoms with Crippen LogP contribution in [-0.2, 0) is 11.2 Å². The Balaban J connectivity index is 1.73. The van der Waals surface area contributed by atoms with Gasteiger partial charge >= 0.3 is 0 Å². The lowest BCUT2D eigenvalue weighted by Crippen LogP contribution is -2.27. The molecule has 1 atom stereocenters. The second-order valence-corrected chi connectivity index (χ2v) is 7.57. The Morgan fingerprint density at radius 2 is 2.00 bits per heavy atom. The van der Waals surface area contributed by atoms with Gasteiger partial charge in [-0.25, -0.2) is 4.98 Å². The van der Waals surface area contributed by atoms with Crippen molar-refractivity contribution >= 4 is 23.4 Å². The maximum absolute atomic E-state index is 12.4. The van der Waals surface area contributed by atoms with Crippen molar-refractivity contribution < 1.29 is 4.79 Å². The maximum atomic E-state index is 12.4. The molecule has 0 aliphatic carbocycles. The van der Waals surface area contributed by atoms with Crippen LogP contribution in [0, 0.1) is 13.8 Å². The third-order valence-electron chi connectivity index (χ3n) is 4.18. The van der Waals surface area contributed by atoms with Gasteiger partial charge in [-0.05, 0) is 43.5 Å². The van der Waals surface area contributed by atoms with Gasteiger partial charge in [-0.2, -0.15) is 0 Å². The molecule has 1 aliphatic heterocycles. The van der Waals surface area contributed by atoms with Crippen LogP contribution >= 0.6 is 11.8 Å². The first-order valence-corrected chi connectivity index (χ1v) is 9.58. The molecule has 1 aliphatic rings. The number of carbonyl (C=O) groups excluding carboxylic acids is 1. The minimum absolute atomic E-state index is 0.0531. The molecule has 0 fully saturated rings. The molecule has 0 bridgehead atoms. The first kappa shape index (κ1) is 17.7. The van der Waals surface area contributed by atoms with Crippen LogP contribution in [0.25, 0.3) is 0 Å². The number of aryl methyl sites for hydroxylation is 3. The predicted octanol–water partition coefficient (Wildman–Crippen LogP) is 3.49. The molecule has 0 saturated heterocycles. The Kier molecular flexibility index (Phi) is 5.27. The highest BCUT2D eigenvalue weighted by Gasteiger charge is 2.27. The number of carbonyl (C=O) groups is 1. The van der Waals surface area contributed by atoms with Crippen molar-refractivity contribution in [2.24, 2.45) is 0 Å². The smallest absolute Gasteiger partial charge is 0.254 e. The molecule has 0 radical (unpaired) electrons. The number of nitrogens with zero attached hydrogens (tertiary/aromatic N) is 2. The van der Waals surface area contributed by atoms with Gasteiger partial charge in [0, 0.05) is 29.6 Å². The average Bonchev–Trinajstić information content (AvgIpc) is 2.89. The first-order chi connectivity index (χ1) is 12.0. The van der Waals surface area contributed by atoms with E-state index in [-0.39, 0.29) is 23.9 Å². The molecular weight excluding hydrogens is 334 g/mol. The standard InChI is InChI=1S/C19H23N3O2S/c1-4-5-14-9-18(24)22-16(11-25-19(22)21-14)10-17(23)20-15-7-12(2)6-13(3)8-15/h6-9,16H,4-5,10-11H2,1-3H3,(H,20,23). The summed E-state index contributed by atoms with van der Waals surface area (Å²) in [6, 6.07) is 7.44. The van der Waals surface area contributed by atoms with Crippen LogP contribution in [0.15, 0.2) is 34.2 Å². The van der Waals surface area contributed by atoms with Crippen molar-refractivity contribution in [2.75, 3.05) is 11.1 Å². The van der Waals surface area contributed by atoms with Crippen molar-refractivity contribution in [2.45, 2.75) is 51.2 Å². The summed E-state index contributed by atoms with van der Waals surface area (Å²) in [5.74, 6) is 0.630. The zero-order valence-electron chi connectivity index (χ0n) is 14.8. The molecule has 1 unspecified atom stereocenters. The molecule has 1 amide bonds. The number of rotatable bonds is 5.